The highest BCUT2D eigenvalue weighted by Gasteiger charge is 2.11. The summed E-state index contributed by atoms with van der Waals surface area (Å²) >= 11 is 0. The Labute approximate surface area is 119 Å². The van der Waals surface area contributed by atoms with Gasteiger partial charge in [-0.3, -0.25) is 4.68 Å². The zero-order chi connectivity index (χ0) is 14.4. The van der Waals surface area contributed by atoms with Crippen LogP contribution in [0.25, 0.3) is 0 Å². The number of aromatic nitrogens is 2. The van der Waals surface area contributed by atoms with Gasteiger partial charge in [-0.2, -0.15) is 5.10 Å². The van der Waals surface area contributed by atoms with Crippen LogP contribution >= 0.6 is 0 Å². The molecule has 1 aromatic carbocycles. The minimum atomic E-state index is 0.200. The monoisotopic (exact) mass is 275 g/mol. The van der Waals surface area contributed by atoms with E-state index in [1.54, 1.807) is 20.4 Å². The predicted molar refractivity (Wildman–Crippen MR) is 78.2 cm³/mol. The van der Waals surface area contributed by atoms with Gasteiger partial charge >= 0.3 is 0 Å². The number of ether oxygens (including phenoxy) is 2. The molecule has 5 heteroatoms. The maximum absolute atomic E-state index is 5.42. The minimum Gasteiger partial charge on any atom is -0.497 e. The number of benzene rings is 1. The highest BCUT2D eigenvalue weighted by atomic mass is 16.5. The minimum absolute atomic E-state index is 0.200. The van der Waals surface area contributed by atoms with Crippen molar-refractivity contribution in [1.29, 1.82) is 0 Å². The number of rotatable bonds is 7. The van der Waals surface area contributed by atoms with Crippen molar-refractivity contribution >= 4 is 0 Å². The van der Waals surface area contributed by atoms with Crippen LogP contribution < -0.4 is 14.8 Å². The van der Waals surface area contributed by atoms with Gasteiger partial charge in [-0.25, -0.2) is 0 Å². The Morgan fingerprint density at radius 1 is 1.30 bits per heavy atom. The van der Waals surface area contributed by atoms with Gasteiger partial charge in [0.05, 0.1) is 20.8 Å². The molecular weight excluding hydrogens is 254 g/mol. The lowest BCUT2D eigenvalue weighted by molar-refractivity contribution is 0.385. The lowest BCUT2D eigenvalue weighted by Crippen LogP contribution is -2.23. The van der Waals surface area contributed by atoms with Crippen molar-refractivity contribution in [3.8, 4) is 11.5 Å². The first-order valence-corrected chi connectivity index (χ1v) is 6.67. The van der Waals surface area contributed by atoms with Crippen LogP contribution in [0.15, 0.2) is 36.7 Å². The molecule has 0 saturated heterocycles. The summed E-state index contributed by atoms with van der Waals surface area (Å²) < 4.78 is 12.5. The summed E-state index contributed by atoms with van der Waals surface area (Å²) in [6.45, 7) is 3.81. The number of hydrogen-bond acceptors (Lipinski definition) is 4. The van der Waals surface area contributed by atoms with Gasteiger partial charge in [0.1, 0.15) is 11.5 Å². The lowest BCUT2D eigenvalue weighted by Gasteiger charge is -2.18. The maximum atomic E-state index is 5.42. The second-order valence-electron chi connectivity index (χ2n) is 4.55. The zero-order valence-corrected chi connectivity index (χ0v) is 12.2. The van der Waals surface area contributed by atoms with E-state index in [9.17, 15) is 0 Å². The van der Waals surface area contributed by atoms with Crippen LogP contribution in [0.4, 0.5) is 0 Å². The maximum Gasteiger partial charge on any atom is 0.127 e. The molecule has 5 nitrogen and oxygen atoms in total. The average Bonchev–Trinajstić information content (AvgIpc) is 2.99. The molecule has 0 bridgehead atoms. The fourth-order valence-corrected chi connectivity index (χ4v) is 2.11. The van der Waals surface area contributed by atoms with Crippen LogP contribution in [0, 0.1) is 0 Å². The van der Waals surface area contributed by atoms with E-state index >= 15 is 0 Å². The van der Waals surface area contributed by atoms with E-state index in [4.69, 9.17) is 9.47 Å². The number of nitrogens with one attached hydrogen (secondary N) is 1. The van der Waals surface area contributed by atoms with Crippen molar-refractivity contribution < 1.29 is 9.47 Å². The fraction of sp³-hybridized carbons (Fsp3) is 0.400. The second-order valence-corrected chi connectivity index (χ2v) is 4.55. The molecule has 1 unspecified atom stereocenters. The lowest BCUT2D eigenvalue weighted by atomic mass is 10.1. The first-order chi connectivity index (χ1) is 9.74. The van der Waals surface area contributed by atoms with E-state index in [1.165, 1.54) is 0 Å². The highest BCUT2D eigenvalue weighted by Crippen LogP contribution is 2.29. The Bertz CT molecular complexity index is 526. The smallest absolute Gasteiger partial charge is 0.127 e. The topological polar surface area (TPSA) is 48.3 Å². The van der Waals surface area contributed by atoms with E-state index in [-0.39, 0.29) is 6.04 Å². The normalized spacial score (nSPS) is 12.2. The summed E-state index contributed by atoms with van der Waals surface area (Å²) in [7, 11) is 3.33. The van der Waals surface area contributed by atoms with Crippen LogP contribution in [0.3, 0.4) is 0 Å². The molecule has 0 aliphatic rings. The molecule has 1 aromatic heterocycles. The summed E-state index contributed by atoms with van der Waals surface area (Å²) in [6.07, 6.45) is 3.75. The molecule has 1 atom stereocenters. The molecular formula is C15H21N3O2. The highest BCUT2D eigenvalue weighted by molar-refractivity contribution is 5.42. The molecule has 0 aliphatic carbocycles. The molecule has 0 amide bonds. The van der Waals surface area contributed by atoms with E-state index in [0.29, 0.717) is 0 Å². The Balaban J connectivity index is 1.95. The Morgan fingerprint density at radius 3 is 2.80 bits per heavy atom. The van der Waals surface area contributed by atoms with E-state index in [1.807, 2.05) is 35.1 Å². The Morgan fingerprint density at radius 2 is 2.15 bits per heavy atom. The van der Waals surface area contributed by atoms with Crippen molar-refractivity contribution in [3.05, 3.63) is 42.2 Å². The van der Waals surface area contributed by atoms with Gasteiger partial charge in [-0.05, 0) is 19.1 Å². The first kappa shape index (κ1) is 14.4. The molecule has 1 N–H and O–H groups in total. The van der Waals surface area contributed by atoms with E-state index in [2.05, 4.69) is 17.3 Å². The molecule has 0 saturated carbocycles. The molecule has 0 radical (unpaired) electrons. The molecule has 0 aliphatic heterocycles. The summed E-state index contributed by atoms with van der Waals surface area (Å²) in [4.78, 5) is 0. The Kier molecular flexibility index (Phi) is 5.01. The van der Waals surface area contributed by atoms with Crippen molar-refractivity contribution in [2.45, 2.75) is 19.5 Å². The first-order valence-electron chi connectivity index (χ1n) is 6.67. The predicted octanol–water partition coefficient (Wildman–Crippen LogP) is 2.25. The third-order valence-electron chi connectivity index (χ3n) is 3.26. The summed E-state index contributed by atoms with van der Waals surface area (Å²) in [5.74, 6) is 1.64. The average molecular weight is 275 g/mol. The molecule has 0 fully saturated rings. The van der Waals surface area contributed by atoms with Gasteiger partial charge in [-0.1, -0.05) is 6.07 Å². The number of methoxy groups -OCH3 is 2. The molecule has 20 heavy (non-hydrogen) atoms. The molecule has 2 rings (SSSR count). The summed E-state index contributed by atoms with van der Waals surface area (Å²) in [5, 5.41) is 7.65. The van der Waals surface area contributed by atoms with Crippen LogP contribution in [-0.4, -0.2) is 30.5 Å². The van der Waals surface area contributed by atoms with Gasteiger partial charge in [0.15, 0.2) is 0 Å². The quantitative estimate of drug-likeness (QED) is 0.842. The van der Waals surface area contributed by atoms with Crippen LogP contribution in [0.2, 0.25) is 0 Å². The number of hydrogen-bond donors (Lipinski definition) is 1. The van der Waals surface area contributed by atoms with E-state index in [0.717, 1.165) is 30.2 Å². The largest absolute Gasteiger partial charge is 0.497 e. The third kappa shape index (κ3) is 3.51. The van der Waals surface area contributed by atoms with Gasteiger partial charge < -0.3 is 14.8 Å². The second kappa shape index (κ2) is 6.96. The van der Waals surface area contributed by atoms with Crippen molar-refractivity contribution in [2.24, 2.45) is 0 Å². The van der Waals surface area contributed by atoms with E-state index < -0.39 is 0 Å². The summed E-state index contributed by atoms with van der Waals surface area (Å²) in [6, 6.07) is 8.01. The standard InChI is InChI=1S/C15H21N3O2/c1-12(16-8-10-18-9-4-7-17-18)14-6-5-13(19-2)11-15(14)20-3/h4-7,9,11-12,16H,8,10H2,1-3H3. The Hall–Kier alpha value is -2.01. The third-order valence-corrected chi connectivity index (χ3v) is 3.26. The van der Waals surface area contributed by atoms with Crippen LogP contribution in [0.1, 0.15) is 18.5 Å². The molecule has 0 spiro atoms. The zero-order valence-electron chi connectivity index (χ0n) is 12.2. The van der Waals surface area contributed by atoms with Gasteiger partial charge in [0, 0.05) is 36.6 Å². The van der Waals surface area contributed by atoms with Crippen LogP contribution in [0.5, 0.6) is 11.5 Å². The van der Waals surface area contributed by atoms with Crippen molar-refractivity contribution in [1.82, 2.24) is 15.1 Å². The number of nitrogens with zero attached hydrogens (tertiary/aromatic N) is 2. The van der Waals surface area contributed by atoms with Gasteiger partial charge in [-0.15, -0.1) is 0 Å². The van der Waals surface area contributed by atoms with Crippen LogP contribution in [-0.2, 0) is 6.54 Å². The SMILES string of the molecule is COc1ccc(C(C)NCCn2cccn2)c(OC)c1. The van der Waals surface area contributed by atoms with Crippen molar-refractivity contribution in [3.63, 3.8) is 0 Å². The fourth-order valence-electron chi connectivity index (χ4n) is 2.11. The molecule has 1 heterocycles. The molecule has 108 valence electrons. The summed E-state index contributed by atoms with van der Waals surface area (Å²) in [5.41, 5.74) is 1.12. The van der Waals surface area contributed by atoms with Gasteiger partial charge in [0.2, 0.25) is 0 Å². The molecule has 2 aromatic rings. The van der Waals surface area contributed by atoms with Crippen molar-refractivity contribution in [2.75, 3.05) is 20.8 Å². The van der Waals surface area contributed by atoms with Gasteiger partial charge in [0.25, 0.3) is 0 Å².